The van der Waals surface area contributed by atoms with Gasteiger partial charge in [0.05, 0.1) is 24.6 Å². The molecule has 0 saturated carbocycles. The van der Waals surface area contributed by atoms with E-state index >= 15 is 0 Å². The summed E-state index contributed by atoms with van der Waals surface area (Å²) in [5.74, 6) is 1.10. The Morgan fingerprint density at radius 2 is 1.95 bits per heavy atom. The zero-order valence-corrected chi connectivity index (χ0v) is 13.3. The first-order chi connectivity index (χ1) is 10.8. The Labute approximate surface area is 132 Å². The second-order valence-electron chi connectivity index (χ2n) is 5.73. The molecule has 1 aromatic heterocycles. The topological polar surface area (TPSA) is 71.9 Å². The van der Waals surface area contributed by atoms with Crippen molar-refractivity contribution in [3.8, 4) is 12.1 Å². The molecule has 0 aromatic carbocycles. The molecule has 0 radical (unpaired) electrons. The Morgan fingerprint density at radius 3 is 2.59 bits per heavy atom. The van der Waals surface area contributed by atoms with Crippen molar-refractivity contribution in [2.45, 2.75) is 32.9 Å². The number of nitrogens with zero attached hydrogens (tertiary/aromatic N) is 6. The van der Waals surface area contributed by atoms with E-state index in [-0.39, 0.29) is 5.92 Å². The Kier molecular flexibility index (Phi) is 6.39. The number of piperazine rings is 1. The molecular weight excluding hydrogens is 276 g/mol. The maximum Gasteiger partial charge on any atom is 0.122 e. The van der Waals surface area contributed by atoms with Crippen LogP contribution in [0, 0.1) is 28.6 Å². The standard InChI is InChI=1S/C16H24N6/c1-2-22-7-6-19-16(22)14-21-10-8-20(9-11-21)13-15(12-18)4-3-5-17/h6-7,15H,2-4,8-11,13-14H2,1H3/t15-/m1/s1. The summed E-state index contributed by atoms with van der Waals surface area (Å²) in [5, 5.41) is 17.8. The van der Waals surface area contributed by atoms with E-state index in [0.717, 1.165) is 51.6 Å². The summed E-state index contributed by atoms with van der Waals surface area (Å²) in [7, 11) is 0. The predicted octanol–water partition coefficient (Wildman–Crippen LogP) is 1.46. The molecule has 2 heterocycles. The average Bonchev–Trinajstić information content (AvgIpc) is 3.00. The number of aromatic nitrogens is 2. The fraction of sp³-hybridized carbons (Fsp3) is 0.688. The van der Waals surface area contributed by atoms with E-state index in [1.807, 2.05) is 12.4 Å². The summed E-state index contributed by atoms with van der Waals surface area (Å²) in [6.45, 7) is 8.75. The fourth-order valence-electron chi connectivity index (χ4n) is 2.86. The smallest absolute Gasteiger partial charge is 0.122 e. The van der Waals surface area contributed by atoms with Crippen LogP contribution in [0.1, 0.15) is 25.6 Å². The minimum Gasteiger partial charge on any atom is -0.334 e. The van der Waals surface area contributed by atoms with Crippen molar-refractivity contribution in [2.75, 3.05) is 32.7 Å². The van der Waals surface area contributed by atoms with Crippen LogP contribution in [0.5, 0.6) is 0 Å². The molecule has 118 valence electrons. The zero-order valence-electron chi connectivity index (χ0n) is 13.3. The molecule has 0 spiro atoms. The van der Waals surface area contributed by atoms with Crippen LogP contribution in [-0.4, -0.2) is 52.1 Å². The van der Waals surface area contributed by atoms with Crippen LogP contribution in [-0.2, 0) is 13.1 Å². The molecule has 1 saturated heterocycles. The van der Waals surface area contributed by atoms with Gasteiger partial charge in [0.25, 0.3) is 0 Å². The maximum absolute atomic E-state index is 9.16. The number of aryl methyl sites for hydroxylation is 1. The summed E-state index contributed by atoms with van der Waals surface area (Å²) >= 11 is 0. The van der Waals surface area contributed by atoms with Crippen LogP contribution in [0.15, 0.2) is 12.4 Å². The van der Waals surface area contributed by atoms with Crippen LogP contribution in [0.2, 0.25) is 0 Å². The summed E-state index contributed by atoms with van der Waals surface area (Å²) in [5.41, 5.74) is 0. The van der Waals surface area contributed by atoms with E-state index in [1.54, 1.807) is 0 Å². The third-order valence-electron chi connectivity index (χ3n) is 4.24. The summed E-state index contributed by atoms with van der Waals surface area (Å²) in [6.07, 6.45) is 5.04. The van der Waals surface area contributed by atoms with Crippen molar-refractivity contribution in [3.05, 3.63) is 18.2 Å². The molecule has 0 N–H and O–H groups in total. The maximum atomic E-state index is 9.16. The number of nitriles is 2. The van der Waals surface area contributed by atoms with Crippen molar-refractivity contribution in [1.82, 2.24) is 19.4 Å². The molecule has 1 fully saturated rings. The fourth-order valence-corrected chi connectivity index (χ4v) is 2.86. The van der Waals surface area contributed by atoms with E-state index in [0.29, 0.717) is 12.8 Å². The van der Waals surface area contributed by atoms with Gasteiger partial charge in [0.2, 0.25) is 0 Å². The first-order valence-corrected chi connectivity index (χ1v) is 7.98. The number of hydrogen-bond donors (Lipinski definition) is 0. The lowest BCUT2D eigenvalue weighted by molar-refractivity contribution is 0.115. The first-order valence-electron chi connectivity index (χ1n) is 7.98. The van der Waals surface area contributed by atoms with Crippen molar-refractivity contribution in [2.24, 2.45) is 5.92 Å². The normalized spacial score (nSPS) is 17.8. The Morgan fingerprint density at radius 1 is 1.23 bits per heavy atom. The molecule has 1 aliphatic heterocycles. The molecule has 0 bridgehead atoms. The lowest BCUT2D eigenvalue weighted by atomic mass is 10.0. The Hall–Kier alpha value is -1.89. The zero-order chi connectivity index (χ0) is 15.8. The van der Waals surface area contributed by atoms with Gasteiger partial charge in [-0.05, 0) is 13.3 Å². The van der Waals surface area contributed by atoms with Gasteiger partial charge in [-0.1, -0.05) is 0 Å². The van der Waals surface area contributed by atoms with Gasteiger partial charge < -0.3 is 4.57 Å². The molecule has 22 heavy (non-hydrogen) atoms. The monoisotopic (exact) mass is 300 g/mol. The van der Waals surface area contributed by atoms with Crippen molar-refractivity contribution >= 4 is 0 Å². The van der Waals surface area contributed by atoms with Crippen molar-refractivity contribution in [1.29, 1.82) is 10.5 Å². The summed E-state index contributed by atoms with van der Waals surface area (Å²) < 4.78 is 2.18. The van der Waals surface area contributed by atoms with Crippen LogP contribution >= 0.6 is 0 Å². The molecule has 0 aliphatic carbocycles. The van der Waals surface area contributed by atoms with E-state index in [4.69, 9.17) is 10.5 Å². The first kappa shape index (κ1) is 16.5. The van der Waals surface area contributed by atoms with Gasteiger partial charge in [0, 0.05) is 58.1 Å². The van der Waals surface area contributed by atoms with Crippen molar-refractivity contribution < 1.29 is 0 Å². The number of imidazole rings is 1. The van der Waals surface area contributed by atoms with Crippen LogP contribution < -0.4 is 0 Å². The summed E-state index contributed by atoms with van der Waals surface area (Å²) in [6, 6.07) is 4.45. The van der Waals surface area contributed by atoms with Gasteiger partial charge in [-0.15, -0.1) is 0 Å². The van der Waals surface area contributed by atoms with E-state index in [9.17, 15) is 0 Å². The molecule has 6 heteroatoms. The molecule has 1 aromatic rings. The highest BCUT2D eigenvalue weighted by atomic mass is 15.3. The van der Waals surface area contributed by atoms with Crippen LogP contribution in [0.3, 0.4) is 0 Å². The van der Waals surface area contributed by atoms with E-state index in [2.05, 4.69) is 38.4 Å². The second kappa shape index (κ2) is 8.53. The quantitative estimate of drug-likeness (QED) is 0.762. The average molecular weight is 300 g/mol. The van der Waals surface area contributed by atoms with Crippen molar-refractivity contribution in [3.63, 3.8) is 0 Å². The Bertz CT molecular complexity index is 530. The molecule has 0 amide bonds. The van der Waals surface area contributed by atoms with Gasteiger partial charge in [0.1, 0.15) is 5.82 Å². The van der Waals surface area contributed by atoms with Gasteiger partial charge in [-0.25, -0.2) is 4.98 Å². The highest BCUT2D eigenvalue weighted by Crippen LogP contribution is 2.12. The van der Waals surface area contributed by atoms with Gasteiger partial charge >= 0.3 is 0 Å². The van der Waals surface area contributed by atoms with E-state index < -0.39 is 0 Å². The second-order valence-corrected chi connectivity index (χ2v) is 5.73. The third kappa shape index (κ3) is 4.56. The molecule has 1 atom stereocenters. The predicted molar refractivity (Wildman–Crippen MR) is 83.6 cm³/mol. The molecule has 0 unspecified atom stereocenters. The van der Waals surface area contributed by atoms with E-state index in [1.165, 1.54) is 0 Å². The lowest BCUT2D eigenvalue weighted by Gasteiger charge is -2.35. The Balaban J connectivity index is 1.76. The minimum atomic E-state index is -0.0230. The largest absolute Gasteiger partial charge is 0.334 e. The van der Waals surface area contributed by atoms with Crippen LogP contribution in [0.25, 0.3) is 0 Å². The van der Waals surface area contributed by atoms with Crippen LogP contribution in [0.4, 0.5) is 0 Å². The van der Waals surface area contributed by atoms with Gasteiger partial charge in [-0.2, -0.15) is 10.5 Å². The summed E-state index contributed by atoms with van der Waals surface area (Å²) in [4.78, 5) is 9.19. The lowest BCUT2D eigenvalue weighted by Crippen LogP contribution is -2.47. The molecule has 1 aliphatic rings. The number of rotatable bonds is 7. The molecular formula is C16H24N6. The highest BCUT2D eigenvalue weighted by Gasteiger charge is 2.20. The van der Waals surface area contributed by atoms with Gasteiger partial charge in [0.15, 0.2) is 0 Å². The SMILES string of the molecule is CCn1ccnc1CN1CCN(C[C@@H](C#N)CCC#N)CC1. The van der Waals surface area contributed by atoms with Gasteiger partial charge in [-0.3, -0.25) is 9.80 Å². The molecule has 6 nitrogen and oxygen atoms in total. The third-order valence-corrected chi connectivity index (χ3v) is 4.24. The molecule has 2 rings (SSSR count). The number of hydrogen-bond acceptors (Lipinski definition) is 5. The minimum absolute atomic E-state index is 0.0230. The highest BCUT2D eigenvalue weighted by molar-refractivity contribution is 4.93.